The van der Waals surface area contributed by atoms with Gasteiger partial charge >= 0.3 is 6.03 Å². The Morgan fingerprint density at radius 1 is 1.44 bits per heavy atom. The summed E-state index contributed by atoms with van der Waals surface area (Å²) in [6.07, 6.45) is 0. The molecule has 1 aliphatic rings. The Morgan fingerprint density at radius 2 is 2.22 bits per heavy atom. The fourth-order valence-corrected chi connectivity index (χ4v) is 2.05. The van der Waals surface area contributed by atoms with Gasteiger partial charge in [-0.15, -0.1) is 0 Å². The van der Waals surface area contributed by atoms with Crippen molar-refractivity contribution < 1.29 is 9.59 Å². The molecule has 0 aromatic heterocycles. The van der Waals surface area contributed by atoms with Gasteiger partial charge in [0.25, 0.3) is 0 Å². The molecule has 1 heterocycles. The lowest BCUT2D eigenvalue weighted by molar-refractivity contribution is -0.121. The fourth-order valence-electron chi connectivity index (χ4n) is 1.87. The van der Waals surface area contributed by atoms with E-state index in [9.17, 15) is 9.59 Å². The quantitative estimate of drug-likeness (QED) is 0.898. The Hall–Kier alpha value is -1.75. The van der Waals surface area contributed by atoms with Crippen LogP contribution in [0.25, 0.3) is 0 Å². The normalized spacial score (nSPS) is 15.1. The fraction of sp³-hybridized carbons (Fsp3) is 0.333. The molecule has 0 radical (unpaired) electrons. The molecule has 1 aromatic carbocycles. The number of carbonyl (C=O) groups excluding carboxylic acids is 2. The van der Waals surface area contributed by atoms with E-state index in [1.165, 1.54) is 4.90 Å². The molecule has 0 spiro atoms. The van der Waals surface area contributed by atoms with Gasteiger partial charge in [-0.05, 0) is 18.2 Å². The minimum absolute atomic E-state index is 0.0897. The summed E-state index contributed by atoms with van der Waals surface area (Å²) in [6, 6.07) is 6.96. The zero-order valence-corrected chi connectivity index (χ0v) is 10.8. The van der Waals surface area contributed by atoms with Gasteiger partial charge in [-0.3, -0.25) is 9.69 Å². The number of benzene rings is 1. The molecule has 1 N–H and O–H groups in total. The number of likely N-dealkylation sites (N-methyl/N-ethyl adjacent to an activating group) is 1. The predicted molar refractivity (Wildman–Crippen MR) is 69.8 cm³/mol. The first-order chi connectivity index (χ1) is 8.61. The van der Waals surface area contributed by atoms with Crippen LogP contribution in [-0.4, -0.2) is 43.5 Å². The van der Waals surface area contributed by atoms with E-state index < -0.39 is 0 Å². The number of urea groups is 1. The van der Waals surface area contributed by atoms with E-state index in [4.69, 9.17) is 11.6 Å². The van der Waals surface area contributed by atoms with Crippen LogP contribution in [0.3, 0.4) is 0 Å². The van der Waals surface area contributed by atoms with E-state index in [-0.39, 0.29) is 18.5 Å². The van der Waals surface area contributed by atoms with Gasteiger partial charge in [0.05, 0.1) is 0 Å². The van der Waals surface area contributed by atoms with Crippen molar-refractivity contribution in [1.29, 1.82) is 0 Å². The maximum atomic E-state index is 12.1. The molecule has 1 aliphatic heterocycles. The van der Waals surface area contributed by atoms with Crippen LogP contribution in [0.5, 0.6) is 0 Å². The first kappa shape index (κ1) is 12.7. The highest BCUT2D eigenvalue weighted by molar-refractivity contribution is 6.30. The molecule has 3 amide bonds. The second-order valence-electron chi connectivity index (χ2n) is 4.01. The van der Waals surface area contributed by atoms with E-state index in [2.05, 4.69) is 5.32 Å². The second kappa shape index (κ2) is 5.27. The minimum atomic E-state index is -0.170. The third-order valence-electron chi connectivity index (χ3n) is 2.83. The van der Waals surface area contributed by atoms with Gasteiger partial charge in [0.2, 0.25) is 5.91 Å². The van der Waals surface area contributed by atoms with Crippen molar-refractivity contribution in [1.82, 2.24) is 10.2 Å². The Balaban J connectivity index is 2.09. The van der Waals surface area contributed by atoms with Gasteiger partial charge in [-0.1, -0.05) is 17.7 Å². The van der Waals surface area contributed by atoms with Gasteiger partial charge in [0.1, 0.15) is 6.54 Å². The highest BCUT2D eigenvalue weighted by Gasteiger charge is 2.30. The van der Waals surface area contributed by atoms with Crippen LogP contribution >= 0.6 is 11.6 Å². The SMILES string of the molecule is CNC(=O)CN1CCN(c2cccc(Cl)c2)C1=O. The van der Waals surface area contributed by atoms with Crippen molar-refractivity contribution in [3.63, 3.8) is 0 Å². The number of hydrogen-bond donors (Lipinski definition) is 1. The minimum Gasteiger partial charge on any atom is -0.358 e. The van der Waals surface area contributed by atoms with Crippen LogP contribution in [0.2, 0.25) is 5.02 Å². The summed E-state index contributed by atoms with van der Waals surface area (Å²) in [6.45, 7) is 1.20. The third kappa shape index (κ3) is 2.56. The summed E-state index contributed by atoms with van der Waals surface area (Å²) in [5.41, 5.74) is 0.756. The summed E-state index contributed by atoms with van der Waals surface area (Å²) in [5, 5.41) is 3.09. The average molecular weight is 268 g/mol. The molecule has 1 aromatic rings. The van der Waals surface area contributed by atoms with Gasteiger partial charge in [0.15, 0.2) is 0 Å². The van der Waals surface area contributed by atoms with Gasteiger partial charge < -0.3 is 10.2 Å². The van der Waals surface area contributed by atoms with Gasteiger partial charge in [0, 0.05) is 30.8 Å². The first-order valence-corrected chi connectivity index (χ1v) is 6.02. The molecule has 0 saturated carbocycles. The lowest BCUT2D eigenvalue weighted by Gasteiger charge is -2.18. The molecule has 0 unspecified atom stereocenters. The Bertz CT molecular complexity index is 478. The summed E-state index contributed by atoms with van der Waals surface area (Å²) in [4.78, 5) is 26.5. The Labute approximate surface area is 110 Å². The van der Waals surface area contributed by atoms with E-state index in [0.717, 1.165) is 5.69 Å². The molecule has 1 saturated heterocycles. The number of halogens is 1. The zero-order valence-electron chi connectivity index (χ0n) is 10.0. The molecule has 0 aliphatic carbocycles. The molecular weight excluding hydrogens is 254 g/mol. The maximum Gasteiger partial charge on any atom is 0.325 e. The topological polar surface area (TPSA) is 52.7 Å². The highest BCUT2D eigenvalue weighted by Crippen LogP contribution is 2.23. The number of anilines is 1. The summed E-state index contributed by atoms with van der Waals surface area (Å²) in [7, 11) is 1.55. The van der Waals surface area contributed by atoms with Crippen LogP contribution in [-0.2, 0) is 4.79 Å². The smallest absolute Gasteiger partial charge is 0.325 e. The monoisotopic (exact) mass is 267 g/mol. The number of nitrogens with zero attached hydrogens (tertiary/aromatic N) is 2. The van der Waals surface area contributed by atoms with Crippen molar-refractivity contribution in [2.45, 2.75) is 0 Å². The van der Waals surface area contributed by atoms with Crippen LogP contribution < -0.4 is 10.2 Å². The zero-order chi connectivity index (χ0) is 13.1. The van der Waals surface area contributed by atoms with Crippen molar-refractivity contribution in [2.75, 3.05) is 31.6 Å². The number of rotatable bonds is 3. The third-order valence-corrected chi connectivity index (χ3v) is 3.06. The van der Waals surface area contributed by atoms with E-state index >= 15 is 0 Å². The largest absolute Gasteiger partial charge is 0.358 e. The van der Waals surface area contributed by atoms with E-state index in [1.54, 1.807) is 30.1 Å². The molecular formula is C12H14ClN3O2. The molecule has 1 fully saturated rings. The van der Waals surface area contributed by atoms with Crippen LogP contribution in [0.4, 0.5) is 10.5 Å². The standard InChI is InChI=1S/C12H14ClN3O2/c1-14-11(17)8-15-5-6-16(12(15)18)10-4-2-3-9(13)7-10/h2-4,7H,5-6,8H2,1H3,(H,14,17). The van der Waals surface area contributed by atoms with E-state index in [1.807, 2.05) is 6.07 Å². The number of carbonyl (C=O) groups is 2. The molecule has 18 heavy (non-hydrogen) atoms. The van der Waals surface area contributed by atoms with Crippen molar-refractivity contribution >= 4 is 29.2 Å². The molecule has 0 bridgehead atoms. The Kier molecular flexibility index (Phi) is 3.72. The number of amides is 3. The summed E-state index contributed by atoms with van der Waals surface area (Å²) in [5.74, 6) is -0.170. The molecule has 2 rings (SSSR count). The van der Waals surface area contributed by atoms with Crippen LogP contribution in [0.15, 0.2) is 24.3 Å². The second-order valence-corrected chi connectivity index (χ2v) is 4.45. The highest BCUT2D eigenvalue weighted by atomic mass is 35.5. The molecule has 5 nitrogen and oxygen atoms in total. The first-order valence-electron chi connectivity index (χ1n) is 5.64. The molecule has 0 atom stereocenters. The molecule has 96 valence electrons. The average Bonchev–Trinajstić information content (AvgIpc) is 2.71. The lowest BCUT2D eigenvalue weighted by atomic mass is 10.3. The van der Waals surface area contributed by atoms with E-state index in [0.29, 0.717) is 18.1 Å². The maximum absolute atomic E-state index is 12.1. The summed E-state index contributed by atoms with van der Waals surface area (Å²) >= 11 is 5.90. The van der Waals surface area contributed by atoms with Crippen LogP contribution in [0.1, 0.15) is 0 Å². The van der Waals surface area contributed by atoms with Crippen LogP contribution in [0, 0.1) is 0 Å². The number of nitrogens with one attached hydrogen (secondary N) is 1. The summed E-state index contributed by atoms with van der Waals surface area (Å²) < 4.78 is 0. The predicted octanol–water partition coefficient (Wildman–Crippen LogP) is 1.33. The van der Waals surface area contributed by atoms with Gasteiger partial charge in [-0.2, -0.15) is 0 Å². The lowest BCUT2D eigenvalue weighted by Crippen LogP contribution is -2.38. The van der Waals surface area contributed by atoms with Gasteiger partial charge in [-0.25, -0.2) is 4.79 Å². The van der Waals surface area contributed by atoms with Crippen molar-refractivity contribution in [3.05, 3.63) is 29.3 Å². The molecule has 6 heteroatoms. The van der Waals surface area contributed by atoms with Crippen molar-refractivity contribution in [2.24, 2.45) is 0 Å². The van der Waals surface area contributed by atoms with Crippen molar-refractivity contribution in [3.8, 4) is 0 Å². The number of hydrogen-bond acceptors (Lipinski definition) is 2. The Morgan fingerprint density at radius 3 is 2.89 bits per heavy atom.